The van der Waals surface area contributed by atoms with E-state index in [4.69, 9.17) is 15.2 Å². The van der Waals surface area contributed by atoms with Crippen molar-refractivity contribution in [2.24, 2.45) is 5.73 Å². The van der Waals surface area contributed by atoms with E-state index in [-0.39, 0.29) is 5.54 Å². The summed E-state index contributed by atoms with van der Waals surface area (Å²) in [6, 6.07) is 0. The van der Waals surface area contributed by atoms with Crippen LogP contribution in [0.15, 0.2) is 0 Å². The maximum absolute atomic E-state index is 6.11. The summed E-state index contributed by atoms with van der Waals surface area (Å²) in [5.41, 5.74) is 6.34. The Hall–Kier alpha value is -0.160. The van der Waals surface area contributed by atoms with Gasteiger partial charge in [-0.2, -0.15) is 0 Å². The van der Waals surface area contributed by atoms with Gasteiger partial charge in [-0.3, -0.25) is 4.90 Å². The lowest BCUT2D eigenvalue weighted by Gasteiger charge is -2.49. The van der Waals surface area contributed by atoms with Crippen molar-refractivity contribution in [3.63, 3.8) is 0 Å². The second kappa shape index (κ2) is 6.33. The Morgan fingerprint density at radius 3 is 1.94 bits per heavy atom. The minimum absolute atomic E-state index is 0.230. The molecular formula is C14H28N2O2. The molecular weight excluding hydrogens is 228 g/mol. The van der Waals surface area contributed by atoms with Gasteiger partial charge in [0, 0.05) is 39.4 Å². The van der Waals surface area contributed by atoms with E-state index in [2.05, 4.69) is 4.90 Å². The van der Waals surface area contributed by atoms with Gasteiger partial charge in [0.1, 0.15) is 0 Å². The molecule has 0 aromatic rings. The van der Waals surface area contributed by atoms with Gasteiger partial charge >= 0.3 is 0 Å². The Bertz CT molecular complexity index is 244. The third-order valence-electron chi connectivity index (χ3n) is 5.02. The first-order valence-corrected chi connectivity index (χ1v) is 7.25. The van der Waals surface area contributed by atoms with Crippen molar-refractivity contribution in [3.05, 3.63) is 0 Å². The summed E-state index contributed by atoms with van der Waals surface area (Å²) < 4.78 is 10.9. The molecule has 1 aliphatic heterocycles. The lowest BCUT2D eigenvalue weighted by molar-refractivity contribution is -0.0398. The summed E-state index contributed by atoms with van der Waals surface area (Å²) >= 11 is 0. The van der Waals surface area contributed by atoms with Crippen LogP contribution in [-0.2, 0) is 9.47 Å². The number of hydrogen-bond acceptors (Lipinski definition) is 4. The molecule has 2 N–H and O–H groups in total. The van der Waals surface area contributed by atoms with Crippen LogP contribution < -0.4 is 5.73 Å². The van der Waals surface area contributed by atoms with Crippen molar-refractivity contribution in [2.45, 2.75) is 56.3 Å². The van der Waals surface area contributed by atoms with E-state index in [0.29, 0.717) is 12.2 Å². The first-order chi connectivity index (χ1) is 8.74. The molecule has 2 fully saturated rings. The molecule has 0 aromatic carbocycles. The molecule has 106 valence electrons. The van der Waals surface area contributed by atoms with Gasteiger partial charge in [-0.05, 0) is 38.5 Å². The zero-order valence-corrected chi connectivity index (χ0v) is 11.9. The molecule has 0 unspecified atom stereocenters. The Morgan fingerprint density at radius 2 is 1.50 bits per heavy atom. The summed E-state index contributed by atoms with van der Waals surface area (Å²) in [6.45, 7) is 3.04. The van der Waals surface area contributed by atoms with E-state index >= 15 is 0 Å². The van der Waals surface area contributed by atoms with Crippen LogP contribution in [0, 0.1) is 0 Å². The third-order valence-corrected chi connectivity index (χ3v) is 5.02. The number of nitrogens with two attached hydrogens (primary N) is 1. The van der Waals surface area contributed by atoms with Crippen LogP contribution in [0.3, 0.4) is 0 Å². The van der Waals surface area contributed by atoms with E-state index in [1.54, 1.807) is 0 Å². The average molecular weight is 256 g/mol. The summed E-state index contributed by atoms with van der Waals surface area (Å²) in [5, 5.41) is 0. The molecule has 0 amide bonds. The highest BCUT2D eigenvalue weighted by molar-refractivity contribution is 4.97. The molecule has 1 saturated heterocycles. The highest BCUT2D eigenvalue weighted by atomic mass is 16.5. The fourth-order valence-electron chi connectivity index (χ4n) is 3.58. The van der Waals surface area contributed by atoms with Crippen molar-refractivity contribution >= 4 is 0 Å². The molecule has 0 bridgehead atoms. The summed E-state index contributed by atoms with van der Waals surface area (Å²) in [4.78, 5) is 2.62. The lowest BCUT2D eigenvalue weighted by Crippen LogP contribution is -2.58. The third kappa shape index (κ3) is 2.87. The van der Waals surface area contributed by atoms with Crippen LogP contribution >= 0.6 is 0 Å². The van der Waals surface area contributed by atoms with Gasteiger partial charge in [0.05, 0.1) is 12.2 Å². The second-order valence-corrected chi connectivity index (χ2v) is 5.79. The van der Waals surface area contributed by atoms with Crippen molar-refractivity contribution in [1.82, 2.24) is 4.90 Å². The highest BCUT2D eigenvalue weighted by Crippen LogP contribution is 2.35. The Labute approximate surface area is 111 Å². The first-order valence-electron chi connectivity index (χ1n) is 7.25. The molecule has 1 aliphatic carbocycles. The summed E-state index contributed by atoms with van der Waals surface area (Å²) in [7, 11) is 3.65. The standard InChI is InChI=1S/C14H28N2O2/c1-17-12-3-7-14(11-15,8-4-12)16-9-5-13(18-2)6-10-16/h12-13H,3-11,15H2,1-2H3. The number of methoxy groups -OCH3 is 2. The molecule has 0 aromatic heterocycles. The van der Waals surface area contributed by atoms with Gasteiger partial charge in [-0.1, -0.05) is 0 Å². The normalized spacial score (nSPS) is 35.8. The zero-order valence-electron chi connectivity index (χ0n) is 11.9. The van der Waals surface area contributed by atoms with Crippen LogP contribution in [0.2, 0.25) is 0 Å². The van der Waals surface area contributed by atoms with Crippen molar-refractivity contribution < 1.29 is 9.47 Å². The first kappa shape index (κ1) is 14.3. The summed E-state index contributed by atoms with van der Waals surface area (Å²) in [6.07, 6.45) is 7.85. The van der Waals surface area contributed by atoms with Gasteiger partial charge < -0.3 is 15.2 Å². The van der Waals surface area contributed by atoms with E-state index in [9.17, 15) is 0 Å². The van der Waals surface area contributed by atoms with E-state index < -0.39 is 0 Å². The Kier molecular flexibility index (Phi) is 5.01. The van der Waals surface area contributed by atoms with E-state index in [0.717, 1.165) is 45.3 Å². The summed E-state index contributed by atoms with van der Waals surface area (Å²) in [5.74, 6) is 0. The zero-order chi connectivity index (χ0) is 13.0. The largest absolute Gasteiger partial charge is 0.381 e. The van der Waals surface area contributed by atoms with Crippen molar-refractivity contribution in [1.29, 1.82) is 0 Å². The van der Waals surface area contributed by atoms with Crippen LogP contribution in [0.1, 0.15) is 38.5 Å². The maximum Gasteiger partial charge on any atom is 0.0595 e. The molecule has 0 radical (unpaired) electrons. The smallest absolute Gasteiger partial charge is 0.0595 e. The Morgan fingerprint density at radius 1 is 1.00 bits per heavy atom. The number of rotatable bonds is 4. The lowest BCUT2D eigenvalue weighted by atomic mass is 9.78. The monoisotopic (exact) mass is 256 g/mol. The van der Waals surface area contributed by atoms with Crippen LogP contribution in [0.25, 0.3) is 0 Å². The molecule has 4 heteroatoms. The predicted molar refractivity (Wildman–Crippen MR) is 72.7 cm³/mol. The van der Waals surface area contributed by atoms with Crippen LogP contribution in [0.5, 0.6) is 0 Å². The van der Waals surface area contributed by atoms with E-state index in [1.807, 2.05) is 14.2 Å². The van der Waals surface area contributed by atoms with E-state index in [1.165, 1.54) is 12.8 Å². The molecule has 4 nitrogen and oxygen atoms in total. The number of piperidine rings is 1. The molecule has 0 spiro atoms. The molecule has 1 heterocycles. The van der Waals surface area contributed by atoms with Gasteiger partial charge in [0.15, 0.2) is 0 Å². The molecule has 0 atom stereocenters. The minimum atomic E-state index is 0.230. The number of ether oxygens (including phenoxy) is 2. The SMILES string of the molecule is COC1CCN(C2(CN)CCC(OC)CC2)CC1. The maximum atomic E-state index is 6.11. The van der Waals surface area contributed by atoms with Gasteiger partial charge in [0.25, 0.3) is 0 Å². The minimum Gasteiger partial charge on any atom is -0.381 e. The van der Waals surface area contributed by atoms with Crippen LogP contribution in [0.4, 0.5) is 0 Å². The highest BCUT2D eigenvalue weighted by Gasteiger charge is 2.40. The van der Waals surface area contributed by atoms with Crippen molar-refractivity contribution in [3.8, 4) is 0 Å². The van der Waals surface area contributed by atoms with Crippen molar-refractivity contribution in [2.75, 3.05) is 33.9 Å². The molecule has 1 saturated carbocycles. The molecule has 2 aliphatic rings. The van der Waals surface area contributed by atoms with Crippen LogP contribution in [-0.4, -0.2) is 56.5 Å². The quantitative estimate of drug-likeness (QED) is 0.825. The van der Waals surface area contributed by atoms with Gasteiger partial charge in [-0.25, -0.2) is 0 Å². The average Bonchev–Trinajstić information content (AvgIpc) is 2.47. The number of nitrogens with zero attached hydrogens (tertiary/aromatic N) is 1. The number of hydrogen-bond donors (Lipinski definition) is 1. The molecule has 18 heavy (non-hydrogen) atoms. The molecule has 2 rings (SSSR count). The fourth-order valence-corrected chi connectivity index (χ4v) is 3.58. The second-order valence-electron chi connectivity index (χ2n) is 5.79. The fraction of sp³-hybridized carbons (Fsp3) is 1.00. The topological polar surface area (TPSA) is 47.7 Å². The van der Waals surface area contributed by atoms with Gasteiger partial charge in [-0.15, -0.1) is 0 Å². The number of likely N-dealkylation sites (tertiary alicyclic amines) is 1. The Balaban J connectivity index is 1.92. The van der Waals surface area contributed by atoms with Gasteiger partial charge in [0.2, 0.25) is 0 Å². The predicted octanol–water partition coefficient (Wildman–Crippen LogP) is 1.38.